The number of carbonyl (C=O) groups excluding carboxylic acids is 1. The Morgan fingerprint density at radius 1 is 1.56 bits per heavy atom. The van der Waals surface area contributed by atoms with Crippen LogP contribution in [0.15, 0.2) is 0 Å². The highest BCUT2D eigenvalue weighted by Crippen LogP contribution is 2.28. The number of nitrogens with two attached hydrogens (primary N) is 1. The molecule has 0 saturated carbocycles. The summed E-state index contributed by atoms with van der Waals surface area (Å²) < 4.78 is 4.93. The first kappa shape index (κ1) is 13.1. The first-order chi connectivity index (χ1) is 7.42. The largest absolute Gasteiger partial charge is 0.461 e. The lowest BCUT2D eigenvalue weighted by atomic mass is 10.0. The summed E-state index contributed by atoms with van der Waals surface area (Å²) in [4.78, 5) is 16.7. The van der Waals surface area contributed by atoms with Crippen LogP contribution in [0, 0.1) is 6.92 Å². The zero-order valence-electron chi connectivity index (χ0n) is 10.2. The van der Waals surface area contributed by atoms with E-state index in [9.17, 15) is 4.79 Å². The lowest BCUT2D eigenvalue weighted by Gasteiger charge is -2.18. The van der Waals surface area contributed by atoms with Crippen molar-refractivity contribution in [3.8, 4) is 0 Å². The maximum Gasteiger partial charge on any atom is 0.358 e. The van der Waals surface area contributed by atoms with Crippen molar-refractivity contribution in [2.24, 2.45) is 5.73 Å². The second kappa shape index (κ2) is 4.93. The maximum atomic E-state index is 11.6. The molecule has 90 valence electrons. The Morgan fingerprint density at radius 3 is 2.69 bits per heavy atom. The Hall–Kier alpha value is -0.940. The molecule has 0 aromatic carbocycles. The van der Waals surface area contributed by atoms with E-state index in [1.165, 1.54) is 11.3 Å². The monoisotopic (exact) mass is 242 g/mol. The SMILES string of the molecule is CCOC(=O)c1nc(C(C)(N)CC)sc1C. The van der Waals surface area contributed by atoms with E-state index >= 15 is 0 Å². The van der Waals surface area contributed by atoms with Crippen molar-refractivity contribution in [2.45, 2.75) is 39.7 Å². The molecule has 0 spiro atoms. The Balaban J connectivity index is 3.03. The normalized spacial score (nSPS) is 14.6. The number of thiazole rings is 1. The molecule has 1 aromatic rings. The fraction of sp³-hybridized carbons (Fsp3) is 0.636. The van der Waals surface area contributed by atoms with Gasteiger partial charge in [-0.2, -0.15) is 0 Å². The van der Waals surface area contributed by atoms with Gasteiger partial charge >= 0.3 is 5.97 Å². The number of ether oxygens (including phenoxy) is 1. The Labute approximate surface area is 99.8 Å². The first-order valence-corrected chi connectivity index (χ1v) is 6.18. The summed E-state index contributed by atoms with van der Waals surface area (Å²) in [5, 5.41) is 0.788. The van der Waals surface area contributed by atoms with Crippen LogP contribution in [0.25, 0.3) is 0 Å². The van der Waals surface area contributed by atoms with E-state index < -0.39 is 5.54 Å². The summed E-state index contributed by atoms with van der Waals surface area (Å²) in [7, 11) is 0. The summed E-state index contributed by atoms with van der Waals surface area (Å²) in [6.45, 7) is 7.92. The summed E-state index contributed by atoms with van der Waals surface area (Å²) in [6, 6.07) is 0. The minimum Gasteiger partial charge on any atom is -0.461 e. The minimum atomic E-state index is -0.472. The zero-order chi connectivity index (χ0) is 12.3. The van der Waals surface area contributed by atoms with Gasteiger partial charge in [-0.1, -0.05) is 6.92 Å². The smallest absolute Gasteiger partial charge is 0.358 e. The summed E-state index contributed by atoms with van der Waals surface area (Å²) in [5.74, 6) is -0.366. The Morgan fingerprint density at radius 2 is 2.19 bits per heavy atom. The van der Waals surface area contributed by atoms with Gasteiger partial charge in [0.25, 0.3) is 0 Å². The molecule has 0 bridgehead atoms. The molecule has 0 fully saturated rings. The molecular formula is C11H18N2O2S. The predicted octanol–water partition coefficient (Wildman–Crippen LogP) is 2.21. The highest BCUT2D eigenvalue weighted by Gasteiger charge is 2.26. The molecule has 1 rings (SSSR count). The van der Waals surface area contributed by atoms with Gasteiger partial charge in [-0.3, -0.25) is 0 Å². The van der Waals surface area contributed by atoms with Gasteiger partial charge < -0.3 is 10.5 Å². The van der Waals surface area contributed by atoms with Gasteiger partial charge in [-0.15, -0.1) is 11.3 Å². The number of esters is 1. The van der Waals surface area contributed by atoms with E-state index in [2.05, 4.69) is 4.98 Å². The molecule has 1 heterocycles. The molecule has 5 heteroatoms. The predicted molar refractivity (Wildman–Crippen MR) is 64.6 cm³/mol. The molecule has 1 unspecified atom stereocenters. The van der Waals surface area contributed by atoms with Crippen molar-refractivity contribution in [3.63, 3.8) is 0 Å². The third kappa shape index (κ3) is 2.59. The lowest BCUT2D eigenvalue weighted by molar-refractivity contribution is 0.0519. The molecule has 0 amide bonds. The van der Waals surface area contributed by atoms with Crippen LogP contribution in [-0.4, -0.2) is 17.6 Å². The number of aromatic nitrogens is 1. The zero-order valence-corrected chi connectivity index (χ0v) is 11.0. The van der Waals surface area contributed by atoms with E-state index in [1.54, 1.807) is 6.92 Å². The van der Waals surface area contributed by atoms with Crippen molar-refractivity contribution in [1.82, 2.24) is 4.98 Å². The molecule has 16 heavy (non-hydrogen) atoms. The number of rotatable bonds is 4. The molecule has 0 aliphatic heterocycles. The molecule has 1 atom stereocenters. The van der Waals surface area contributed by atoms with Gasteiger partial charge in [0.15, 0.2) is 5.69 Å². The third-order valence-electron chi connectivity index (χ3n) is 2.49. The third-order valence-corrected chi connectivity index (χ3v) is 3.74. The number of hydrogen-bond acceptors (Lipinski definition) is 5. The fourth-order valence-corrected chi connectivity index (χ4v) is 2.21. The molecule has 1 aromatic heterocycles. The number of hydrogen-bond donors (Lipinski definition) is 1. The van der Waals surface area contributed by atoms with Crippen molar-refractivity contribution >= 4 is 17.3 Å². The van der Waals surface area contributed by atoms with E-state index in [1.807, 2.05) is 20.8 Å². The van der Waals surface area contributed by atoms with E-state index in [0.29, 0.717) is 12.3 Å². The highest BCUT2D eigenvalue weighted by molar-refractivity contribution is 7.12. The van der Waals surface area contributed by atoms with Crippen LogP contribution in [0.5, 0.6) is 0 Å². The summed E-state index contributed by atoms with van der Waals surface area (Å²) in [6.07, 6.45) is 0.780. The van der Waals surface area contributed by atoms with Crippen LogP contribution in [0.3, 0.4) is 0 Å². The first-order valence-electron chi connectivity index (χ1n) is 5.36. The van der Waals surface area contributed by atoms with Gasteiger partial charge in [-0.05, 0) is 27.2 Å². The highest BCUT2D eigenvalue weighted by atomic mass is 32.1. The summed E-state index contributed by atoms with van der Waals surface area (Å²) >= 11 is 1.46. The van der Waals surface area contributed by atoms with Gasteiger partial charge in [0, 0.05) is 4.88 Å². The van der Waals surface area contributed by atoms with E-state index in [0.717, 1.165) is 16.3 Å². The fourth-order valence-electron chi connectivity index (χ4n) is 1.18. The van der Waals surface area contributed by atoms with Crippen molar-refractivity contribution < 1.29 is 9.53 Å². The van der Waals surface area contributed by atoms with Crippen LogP contribution >= 0.6 is 11.3 Å². The van der Waals surface area contributed by atoms with Crippen LogP contribution in [0.2, 0.25) is 0 Å². The molecule has 4 nitrogen and oxygen atoms in total. The second-order valence-electron chi connectivity index (χ2n) is 3.92. The van der Waals surface area contributed by atoms with Crippen LogP contribution < -0.4 is 5.73 Å². The van der Waals surface area contributed by atoms with Crippen molar-refractivity contribution in [1.29, 1.82) is 0 Å². The van der Waals surface area contributed by atoms with Gasteiger partial charge in [0.05, 0.1) is 12.1 Å². The number of carbonyl (C=O) groups is 1. The Kier molecular flexibility index (Phi) is 4.04. The minimum absolute atomic E-state index is 0.360. The van der Waals surface area contributed by atoms with E-state index in [-0.39, 0.29) is 5.97 Å². The quantitative estimate of drug-likeness (QED) is 0.822. The van der Waals surface area contributed by atoms with Gasteiger partial charge in [0.2, 0.25) is 0 Å². The maximum absolute atomic E-state index is 11.6. The van der Waals surface area contributed by atoms with Gasteiger partial charge in [-0.25, -0.2) is 9.78 Å². The second-order valence-corrected chi connectivity index (χ2v) is 5.12. The molecular weight excluding hydrogens is 224 g/mol. The molecule has 2 N–H and O–H groups in total. The van der Waals surface area contributed by atoms with Gasteiger partial charge in [0.1, 0.15) is 5.01 Å². The average Bonchev–Trinajstić information content (AvgIpc) is 2.61. The van der Waals surface area contributed by atoms with Crippen molar-refractivity contribution in [3.05, 3.63) is 15.6 Å². The molecule has 0 radical (unpaired) electrons. The average molecular weight is 242 g/mol. The number of aryl methyl sites for hydroxylation is 1. The molecule has 0 saturated heterocycles. The molecule has 0 aliphatic rings. The van der Waals surface area contributed by atoms with Crippen LogP contribution in [-0.2, 0) is 10.3 Å². The van der Waals surface area contributed by atoms with Crippen LogP contribution in [0.1, 0.15) is 47.6 Å². The number of nitrogens with zero attached hydrogens (tertiary/aromatic N) is 1. The van der Waals surface area contributed by atoms with Crippen molar-refractivity contribution in [2.75, 3.05) is 6.61 Å². The van der Waals surface area contributed by atoms with Crippen LogP contribution in [0.4, 0.5) is 0 Å². The topological polar surface area (TPSA) is 65.2 Å². The summed E-state index contributed by atoms with van der Waals surface area (Å²) in [5.41, 5.74) is 6.01. The Bertz CT molecular complexity index is 385. The molecule has 0 aliphatic carbocycles. The van der Waals surface area contributed by atoms with E-state index in [4.69, 9.17) is 10.5 Å². The lowest BCUT2D eigenvalue weighted by Crippen LogP contribution is -2.31. The standard InChI is InChI=1S/C11H18N2O2S/c1-5-11(4,12)10-13-8(7(3)16-10)9(14)15-6-2/h5-6,12H2,1-4H3.